The molecule has 5 nitrogen and oxygen atoms in total. The molecule has 0 saturated heterocycles. The number of phenolic OH excluding ortho intramolecular Hbond substituents is 1. The van der Waals surface area contributed by atoms with Gasteiger partial charge in [-0.25, -0.2) is 0 Å². The second-order valence-corrected chi connectivity index (χ2v) is 7.43. The summed E-state index contributed by atoms with van der Waals surface area (Å²) in [7, 11) is 0. The fourth-order valence-corrected chi connectivity index (χ4v) is 3.54. The van der Waals surface area contributed by atoms with Crippen LogP contribution in [0, 0.1) is 11.3 Å². The van der Waals surface area contributed by atoms with Crippen LogP contribution in [-0.4, -0.2) is 11.3 Å². The Morgan fingerprint density at radius 2 is 1.83 bits per heavy atom. The highest BCUT2D eigenvalue weighted by Crippen LogP contribution is 2.44. The van der Waals surface area contributed by atoms with E-state index in [1.165, 1.54) is 6.07 Å². The number of nitrogens with two attached hydrogens (primary N) is 1. The summed E-state index contributed by atoms with van der Waals surface area (Å²) >= 11 is 3.39. The maximum atomic E-state index is 10.5. The first-order valence-corrected chi connectivity index (χ1v) is 9.65. The van der Waals surface area contributed by atoms with E-state index in [4.69, 9.17) is 10.5 Å². The molecule has 0 saturated carbocycles. The van der Waals surface area contributed by atoms with Crippen molar-refractivity contribution in [2.45, 2.75) is 5.92 Å². The van der Waals surface area contributed by atoms with Crippen molar-refractivity contribution in [3.63, 3.8) is 0 Å². The monoisotopic (exact) mass is 445 g/mol. The Morgan fingerprint density at radius 3 is 2.52 bits per heavy atom. The zero-order valence-electron chi connectivity index (χ0n) is 15.2. The third kappa shape index (κ3) is 3.73. The molecule has 1 aliphatic rings. The normalized spacial score (nSPS) is 15.7. The molecule has 0 spiro atoms. The lowest BCUT2D eigenvalue weighted by Crippen LogP contribution is -2.21. The molecule has 1 atom stereocenters. The summed E-state index contributed by atoms with van der Waals surface area (Å²) in [5, 5.41) is 20.1. The van der Waals surface area contributed by atoms with Gasteiger partial charge in [-0.3, -0.25) is 4.99 Å². The van der Waals surface area contributed by atoms with Crippen molar-refractivity contribution in [2.24, 2.45) is 10.7 Å². The van der Waals surface area contributed by atoms with Gasteiger partial charge in [-0.1, -0.05) is 46.3 Å². The van der Waals surface area contributed by atoms with Gasteiger partial charge in [-0.05, 0) is 35.9 Å². The molecule has 0 aliphatic carbocycles. The average Bonchev–Trinajstić information content (AvgIpc) is 2.73. The molecule has 142 valence electrons. The third-order valence-corrected chi connectivity index (χ3v) is 5.21. The predicted octanol–water partition coefficient (Wildman–Crippen LogP) is 5.12. The number of rotatable bonds is 3. The zero-order valence-corrected chi connectivity index (χ0v) is 16.8. The number of allylic oxidation sites excluding steroid dienone is 1. The number of phenols is 1. The van der Waals surface area contributed by atoms with E-state index in [1.54, 1.807) is 12.3 Å². The summed E-state index contributed by atoms with van der Waals surface area (Å²) < 4.78 is 6.59. The Morgan fingerprint density at radius 1 is 1.10 bits per heavy atom. The molecule has 3 aromatic rings. The number of benzene rings is 3. The van der Waals surface area contributed by atoms with Gasteiger partial charge in [-0.2, -0.15) is 5.26 Å². The maximum absolute atomic E-state index is 10.5. The molecule has 0 fully saturated rings. The summed E-state index contributed by atoms with van der Waals surface area (Å²) in [4.78, 5) is 4.43. The number of fused-ring (bicyclic) bond motifs is 1. The van der Waals surface area contributed by atoms with Crippen molar-refractivity contribution in [1.82, 2.24) is 0 Å². The predicted molar refractivity (Wildman–Crippen MR) is 115 cm³/mol. The Labute approximate surface area is 176 Å². The zero-order chi connectivity index (χ0) is 20.4. The topological polar surface area (TPSA) is 91.6 Å². The molecule has 0 bridgehead atoms. The van der Waals surface area contributed by atoms with Gasteiger partial charge >= 0.3 is 0 Å². The lowest BCUT2D eigenvalue weighted by molar-refractivity contribution is 0.388. The van der Waals surface area contributed by atoms with Crippen LogP contribution in [0.1, 0.15) is 22.6 Å². The van der Waals surface area contributed by atoms with Gasteiger partial charge in [0.2, 0.25) is 5.88 Å². The van der Waals surface area contributed by atoms with E-state index < -0.39 is 0 Å². The molecule has 3 N–H and O–H groups in total. The molecule has 3 aromatic carbocycles. The molecular weight excluding hydrogens is 430 g/mol. The van der Waals surface area contributed by atoms with E-state index in [2.05, 4.69) is 27.0 Å². The number of hydrogen-bond acceptors (Lipinski definition) is 5. The highest BCUT2D eigenvalue weighted by atomic mass is 79.9. The fraction of sp³-hybridized carbons (Fsp3) is 0.0435. The fourth-order valence-electron chi connectivity index (χ4n) is 3.27. The number of aromatic hydroxyl groups is 1. The van der Waals surface area contributed by atoms with E-state index in [0.717, 1.165) is 21.3 Å². The summed E-state index contributed by atoms with van der Waals surface area (Å²) in [6.07, 6.45) is 1.59. The number of ether oxygens (including phenoxy) is 1. The standard InChI is InChI=1S/C23H16BrN3O2/c24-16-6-8-17(9-7-16)27-13-15-10-18-21(11-20(15)28)29-23(26)19(12-25)22(18)14-4-2-1-3-5-14/h1-11,13,22,28H,26H2/t22-/m0/s1. The van der Waals surface area contributed by atoms with Crippen LogP contribution in [0.15, 0.2) is 87.7 Å². The van der Waals surface area contributed by atoms with E-state index in [1.807, 2.05) is 54.6 Å². The van der Waals surface area contributed by atoms with E-state index in [0.29, 0.717) is 16.9 Å². The van der Waals surface area contributed by atoms with Crippen LogP contribution in [0.2, 0.25) is 0 Å². The van der Waals surface area contributed by atoms with Crippen LogP contribution in [-0.2, 0) is 0 Å². The second kappa shape index (κ2) is 7.82. The SMILES string of the molecule is N#CC1=C(N)Oc2cc(O)c(C=Nc3ccc(Br)cc3)cc2[C@@H]1c1ccccc1. The Balaban J connectivity index is 1.80. The number of aliphatic imine (C=N–C) groups is 1. The van der Waals surface area contributed by atoms with Gasteiger partial charge in [0, 0.05) is 27.9 Å². The first kappa shape index (κ1) is 18.8. The van der Waals surface area contributed by atoms with Crippen molar-refractivity contribution in [2.75, 3.05) is 0 Å². The maximum Gasteiger partial charge on any atom is 0.205 e. The first-order valence-electron chi connectivity index (χ1n) is 8.86. The summed E-state index contributed by atoms with van der Waals surface area (Å²) in [6, 6.07) is 22.6. The molecule has 0 radical (unpaired) electrons. The molecule has 0 aromatic heterocycles. The molecule has 29 heavy (non-hydrogen) atoms. The molecule has 1 aliphatic heterocycles. The Bertz CT molecular complexity index is 1160. The van der Waals surface area contributed by atoms with Crippen LogP contribution in [0.5, 0.6) is 11.5 Å². The van der Waals surface area contributed by atoms with Gasteiger partial charge in [0.1, 0.15) is 23.1 Å². The first-order chi connectivity index (χ1) is 14.1. The summed E-state index contributed by atoms with van der Waals surface area (Å²) in [5.41, 5.74) is 9.27. The van der Waals surface area contributed by atoms with Crippen LogP contribution < -0.4 is 10.5 Å². The number of halogens is 1. The van der Waals surface area contributed by atoms with Gasteiger partial charge in [0.25, 0.3) is 0 Å². The Hall–Kier alpha value is -3.56. The summed E-state index contributed by atoms with van der Waals surface area (Å²) in [5.74, 6) is 0.105. The summed E-state index contributed by atoms with van der Waals surface area (Å²) in [6.45, 7) is 0. The quantitative estimate of drug-likeness (QED) is 0.546. The second-order valence-electron chi connectivity index (χ2n) is 6.52. The number of hydrogen-bond donors (Lipinski definition) is 2. The molecule has 4 rings (SSSR count). The highest BCUT2D eigenvalue weighted by Gasteiger charge is 2.31. The highest BCUT2D eigenvalue weighted by molar-refractivity contribution is 9.10. The van der Waals surface area contributed by atoms with Gasteiger partial charge in [0.15, 0.2) is 0 Å². The van der Waals surface area contributed by atoms with E-state index >= 15 is 0 Å². The minimum absolute atomic E-state index is 0.0182. The van der Waals surface area contributed by atoms with Crippen molar-refractivity contribution in [3.05, 3.63) is 99.3 Å². The molecule has 0 amide bonds. The largest absolute Gasteiger partial charge is 0.507 e. The molecule has 0 unspecified atom stereocenters. The van der Waals surface area contributed by atoms with Crippen LogP contribution >= 0.6 is 15.9 Å². The van der Waals surface area contributed by atoms with Gasteiger partial charge < -0.3 is 15.6 Å². The van der Waals surface area contributed by atoms with Crippen LogP contribution in [0.4, 0.5) is 5.69 Å². The molecule has 1 heterocycles. The van der Waals surface area contributed by atoms with Crippen molar-refractivity contribution >= 4 is 27.8 Å². The molecule has 6 heteroatoms. The minimum Gasteiger partial charge on any atom is -0.507 e. The third-order valence-electron chi connectivity index (χ3n) is 4.68. The smallest absolute Gasteiger partial charge is 0.205 e. The lowest BCUT2D eigenvalue weighted by atomic mass is 9.83. The number of nitrogens with zero attached hydrogens (tertiary/aromatic N) is 2. The van der Waals surface area contributed by atoms with E-state index in [9.17, 15) is 10.4 Å². The Kier molecular flexibility index (Phi) is 5.07. The number of nitriles is 1. The van der Waals surface area contributed by atoms with Crippen molar-refractivity contribution in [1.29, 1.82) is 5.26 Å². The van der Waals surface area contributed by atoms with Gasteiger partial charge in [-0.15, -0.1) is 0 Å². The lowest BCUT2D eigenvalue weighted by Gasteiger charge is -2.27. The van der Waals surface area contributed by atoms with Crippen molar-refractivity contribution < 1.29 is 9.84 Å². The molecular formula is C23H16BrN3O2. The van der Waals surface area contributed by atoms with Crippen LogP contribution in [0.3, 0.4) is 0 Å². The van der Waals surface area contributed by atoms with Crippen LogP contribution in [0.25, 0.3) is 0 Å². The van der Waals surface area contributed by atoms with E-state index in [-0.39, 0.29) is 17.6 Å². The average molecular weight is 446 g/mol. The van der Waals surface area contributed by atoms with Gasteiger partial charge in [0.05, 0.1) is 11.6 Å². The minimum atomic E-state index is -0.384. The van der Waals surface area contributed by atoms with Crippen molar-refractivity contribution in [3.8, 4) is 17.6 Å².